The summed E-state index contributed by atoms with van der Waals surface area (Å²) in [5, 5.41) is 2.83. The number of carbonyl (C=O) groups excluding carboxylic acids is 1. The molecule has 0 bridgehead atoms. The van der Waals surface area contributed by atoms with E-state index in [1.165, 1.54) is 12.3 Å². The molecule has 19 heavy (non-hydrogen) atoms. The number of nitrogens with one attached hydrogen (secondary N) is 1. The van der Waals surface area contributed by atoms with Gasteiger partial charge in [-0.2, -0.15) is 0 Å². The van der Waals surface area contributed by atoms with Crippen molar-refractivity contribution in [3.63, 3.8) is 0 Å². The zero-order chi connectivity index (χ0) is 13.8. The Balaban J connectivity index is 2.26. The van der Waals surface area contributed by atoms with Crippen molar-refractivity contribution in [1.82, 2.24) is 9.88 Å². The van der Waals surface area contributed by atoms with Crippen molar-refractivity contribution in [2.24, 2.45) is 0 Å². The SMILES string of the molecule is CCNc1nccc(C(=O)N2CCCC2CC)c1F. The minimum atomic E-state index is -0.545. The highest BCUT2D eigenvalue weighted by atomic mass is 19.1. The fourth-order valence-electron chi connectivity index (χ4n) is 2.58. The molecule has 1 aliphatic heterocycles. The highest BCUT2D eigenvalue weighted by molar-refractivity contribution is 5.95. The van der Waals surface area contributed by atoms with Crippen molar-refractivity contribution in [3.05, 3.63) is 23.6 Å². The van der Waals surface area contributed by atoms with Gasteiger partial charge < -0.3 is 10.2 Å². The van der Waals surface area contributed by atoms with Crippen LogP contribution in [0.25, 0.3) is 0 Å². The van der Waals surface area contributed by atoms with E-state index in [4.69, 9.17) is 0 Å². The molecule has 0 aliphatic carbocycles. The Hall–Kier alpha value is -1.65. The minimum Gasteiger partial charge on any atom is -0.368 e. The lowest BCUT2D eigenvalue weighted by molar-refractivity contribution is 0.0729. The van der Waals surface area contributed by atoms with Gasteiger partial charge in [-0.15, -0.1) is 0 Å². The number of halogens is 1. The molecule has 1 fully saturated rings. The standard InChI is InChI=1S/C14H20FN3O/c1-3-10-6-5-9-18(10)14(19)11-7-8-17-13(12(11)15)16-4-2/h7-8,10H,3-6,9H2,1-2H3,(H,16,17). The van der Waals surface area contributed by atoms with Crippen LogP contribution in [0.15, 0.2) is 12.3 Å². The molecule has 1 aromatic heterocycles. The van der Waals surface area contributed by atoms with E-state index in [-0.39, 0.29) is 23.3 Å². The molecule has 0 saturated carbocycles. The van der Waals surface area contributed by atoms with Gasteiger partial charge in [-0.05, 0) is 32.3 Å². The zero-order valence-corrected chi connectivity index (χ0v) is 11.4. The summed E-state index contributed by atoms with van der Waals surface area (Å²) in [6.45, 7) is 5.21. The summed E-state index contributed by atoms with van der Waals surface area (Å²) in [7, 11) is 0. The lowest BCUT2D eigenvalue weighted by Crippen LogP contribution is -2.35. The van der Waals surface area contributed by atoms with Gasteiger partial charge in [0.05, 0.1) is 5.56 Å². The maximum atomic E-state index is 14.2. The highest BCUT2D eigenvalue weighted by Crippen LogP contribution is 2.24. The smallest absolute Gasteiger partial charge is 0.257 e. The number of likely N-dealkylation sites (tertiary alicyclic amines) is 1. The Morgan fingerprint density at radius 3 is 3.05 bits per heavy atom. The summed E-state index contributed by atoms with van der Waals surface area (Å²) in [6, 6.07) is 1.70. The molecule has 2 heterocycles. The minimum absolute atomic E-state index is 0.117. The van der Waals surface area contributed by atoms with Crippen LogP contribution in [0.1, 0.15) is 43.5 Å². The number of aromatic nitrogens is 1. The van der Waals surface area contributed by atoms with E-state index in [9.17, 15) is 9.18 Å². The number of carbonyl (C=O) groups is 1. The van der Waals surface area contributed by atoms with Crippen LogP contribution < -0.4 is 5.32 Å². The Morgan fingerprint density at radius 1 is 1.58 bits per heavy atom. The average molecular weight is 265 g/mol. The summed E-state index contributed by atoms with van der Waals surface area (Å²) in [6.07, 6.45) is 4.40. The van der Waals surface area contributed by atoms with Gasteiger partial charge >= 0.3 is 0 Å². The lowest BCUT2D eigenvalue weighted by Gasteiger charge is -2.24. The van der Waals surface area contributed by atoms with Crippen LogP contribution in [-0.2, 0) is 0 Å². The molecular formula is C14H20FN3O. The first-order valence-corrected chi connectivity index (χ1v) is 6.88. The molecule has 1 aliphatic rings. The van der Waals surface area contributed by atoms with E-state index in [0.717, 1.165) is 25.8 Å². The first-order valence-electron chi connectivity index (χ1n) is 6.88. The molecule has 0 aromatic carbocycles. The lowest BCUT2D eigenvalue weighted by atomic mass is 10.1. The van der Waals surface area contributed by atoms with Gasteiger partial charge in [0.1, 0.15) is 0 Å². The third kappa shape index (κ3) is 2.69. The molecule has 1 unspecified atom stereocenters. The summed E-state index contributed by atoms with van der Waals surface area (Å²) in [5.74, 6) is -0.611. The number of hydrogen-bond acceptors (Lipinski definition) is 3. The fourth-order valence-corrected chi connectivity index (χ4v) is 2.58. The second kappa shape index (κ2) is 5.99. The van der Waals surface area contributed by atoms with Gasteiger partial charge in [-0.3, -0.25) is 4.79 Å². The summed E-state index contributed by atoms with van der Waals surface area (Å²) < 4.78 is 14.2. The third-order valence-corrected chi connectivity index (χ3v) is 3.57. The van der Waals surface area contributed by atoms with E-state index in [0.29, 0.717) is 6.54 Å². The fraction of sp³-hybridized carbons (Fsp3) is 0.571. The molecule has 0 spiro atoms. The van der Waals surface area contributed by atoms with E-state index in [2.05, 4.69) is 17.2 Å². The van der Waals surface area contributed by atoms with Crippen molar-refractivity contribution in [1.29, 1.82) is 0 Å². The van der Waals surface area contributed by atoms with Crippen LogP contribution in [0, 0.1) is 5.82 Å². The van der Waals surface area contributed by atoms with Gasteiger partial charge in [0.25, 0.3) is 5.91 Å². The van der Waals surface area contributed by atoms with Crippen LogP contribution in [-0.4, -0.2) is 34.9 Å². The van der Waals surface area contributed by atoms with E-state index >= 15 is 0 Å². The van der Waals surface area contributed by atoms with E-state index in [1.54, 1.807) is 4.90 Å². The molecule has 104 valence electrons. The maximum Gasteiger partial charge on any atom is 0.257 e. The monoisotopic (exact) mass is 265 g/mol. The van der Waals surface area contributed by atoms with Crippen molar-refractivity contribution in [2.75, 3.05) is 18.4 Å². The maximum absolute atomic E-state index is 14.2. The van der Waals surface area contributed by atoms with Gasteiger partial charge in [0, 0.05) is 25.3 Å². The van der Waals surface area contributed by atoms with Crippen LogP contribution >= 0.6 is 0 Å². The Bertz CT molecular complexity index is 464. The number of hydrogen-bond donors (Lipinski definition) is 1. The molecule has 1 saturated heterocycles. The van der Waals surface area contributed by atoms with Crippen LogP contribution in [0.5, 0.6) is 0 Å². The molecule has 0 radical (unpaired) electrons. The van der Waals surface area contributed by atoms with Gasteiger partial charge in [-0.25, -0.2) is 9.37 Å². The predicted octanol–water partition coefficient (Wildman–Crippen LogP) is 2.67. The average Bonchev–Trinajstić information content (AvgIpc) is 2.89. The van der Waals surface area contributed by atoms with Crippen molar-refractivity contribution in [2.45, 2.75) is 39.2 Å². The molecule has 1 amide bonds. The molecule has 1 atom stereocenters. The van der Waals surface area contributed by atoms with Crippen LogP contribution in [0.4, 0.5) is 10.2 Å². The number of nitrogens with zero attached hydrogens (tertiary/aromatic N) is 2. The van der Waals surface area contributed by atoms with E-state index < -0.39 is 5.82 Å². The first-order chi connectivity index (χ1) is 9.19. The second-order valence-corrected chi connectivity index (χ2v) is 4.75. The molecule has 1 aromatic rings. The molecular weight excluding hydrogens is 245 g/mol. The predicted molar refractivity (Wildman–Crippen MR) is 72.7 cm³/mol. The normalized spacial score (nSPS) is 18.7. The second-order valence-electron chi connectivity index (χ2n) is 4.75. The van der Waals surface area contributed by atoms with Crippen LogP contribution in [0.2, 0.25) is 0 Å². The Morgan fingerprint density at radius 2 is 2.37 bits per heavy atom. The van der Waals surface area contributed by atoms with Crippen molar-refractivity contribution >= 4 is 11.7 Å². The number of anilines is 1. The number of rotatable bonds is 4. The topological polar surface area (TPSA) is 45.2 Å². The highest BCUT2D eigenvalue weighted by Gasteiger charge is 2.30. The Kier molecular flexibility index (Phi) is 4.35. The molecule has 1 N–H and O–H groups in total. The summed E-state index contributed by atoms with van der Waals surface area (Å²) in [4.78, 5) is 18.1. The van der Waals surface area contributed by atoms with E-state index in [1.807, 2.05) is 6.92 Å². The van der Waals surface area contributed by atoms with Gasteiger partial charge in [0.2, 0.25) is 0 Å². The largest absolute Gasteiger partial charge is 0.368 e. The first kappa shape index (κ1) is 13.8. The quantitative estimate of drug-likeness (QED) is 0.910. The molecule has 2 rings (SSSR count). The summed E-state index contributed by atoms with van der Waals surface area (Å²) >= 11 is 0. The zero-order valence-electron chi connectivity index (χ0n) is 11.4. The Labute approximate surface area is 113 Å². The number of amides is 1. The third-order valence-electron chi connectivity index (χ3n) is 3.57. The molecule has 5 heteroatoms. The summed E-state index contributed by atoms with van der Waals surface area (Å²) in [5.41, 5.74) is 0.117. The molecule has 4 nitrogen and oxygen atoms in total. The van der Waals surface area contributed by atoms with Crippen molar-refractivity contribution < 1.29 is 9.18 Å². The number of pyridine rings is 1. The van der Waals surface area contributed by atoms with Gasteiger partial charge in [-0.1, -0.05) is 6.92 Å². The van der Waals surface area contributed by atoms with Gasteiger partial charge in [0.15, 0.2) is 11.6 Å². The van der Waals surface area contributed by atoms with Crippen LogP contribution in [0.3, 0.4) is 0 Å². The van der Waals surface area contributed by atoms with Crippen molar-refractivity contribution in [3.8, 4) is 0 Å².